The number of halogens is 1. The van der Waals surface area contributed by atoms with Crippen LogP contribution in [0.4, 0.5) is 5.69 Å². The lowest BCUT2D eigenvalue weighted by molar-refractivity contribution is 0.370. The Labute approximate surface area is 210 Å². The van der Waals surface area contributed by atoms with Gasteiger partial charge >= 0.3 is 0 Å². The molecule has 1 aliphatic rings. The molecule has 0 radical (unpaired) electrons. The van der Waals surface area contributed by atoms with Crippen LogP contribution in [-0.4, -0.2) is 39.8 Å². The second-order valence-corrected chi connectivity index (χ2v) is 12.1. The zero-order valence-electron chi connectivity index (χ0n) is 19.0. The minimum absolute atomic E-state index is 0.0647. The molecule has 3 aromatic carbocycles. The van der Waals surface area contributed by atoms with Gasteiger partial charge < -0.3 is 4.74 Å². The van der Waals surface area contributed by atoms with E-state index in [0.29, 0.717) is 34.2 Å². The highest BCUT2D eigenvalue weighted by atomic mass is 35.5. The zero-order valence-corrected chi connectivity index (χ0v) is 21.4. The highest BCUT2D eigenvalue weighted by molar-refractivity contribution is 7.92. The van der Waals surface area contributed by atoms with Gasteiger partial charge in [-0.2, -0.15) is 17.9 Å². The molecule has 1 atom stereocenters. The molecule has 0 fully saturated rings. The first-order valence-corrected chi connectivity index (χ1v) is 14.2. The maximum Gasteiger partial charge on any atom is 0.279 e. The van der Waals surface area contributed by atoms with Crippen molar-refractivity contribution in [3.05, 3.63) is 88.9 Å². The number of nitrogens with one attached hydrogen (secondary N) is 1. The van der Waals surface area contributed by atoms with E-state index < -0.39 is 26.1 Å². The zero-order chi connectivity index (χ0) is 25.2. The molecular formula is C24H24ClN3O5S2. The number of methoxy groups -OCH3 is 1. The van der Waals surface area contributed by atoms with Gasteiger partial charge in [0.15, 0.2) is 0 Å². The van der Waals surface area contributed by atoms with Gasteiger partial charge in [0, 0.05) is 17.1 Å². The van der Waals surface area contributed by atoms with Gasteiger partial charge in [0.1, 0.15) is 5.75 Å². The fraction of sp³-hybridized carbons (Fsp3) is 0.208. The quantitative estimate of drug-likeness (QED) is 0.453. The fourth-order valence-electron chi connectivity index (χ4n) is 3.69. The van der Waals surface area contributed by atoms with E-state index in [1.165, 1.54) is 24.3 Å². The molecule has 11 heteroatoms. The highest BCUT2D eigenvalue weighted by Gasteiger charge is 2.37. The molecule has 0 unspecified atom stereocenters. The largest absolute Gasteiger partial charge is 0.497 e. The van der Waals surface area contributed by atoms with Gasteiger partial charge in [-0.3, -0.25) is 4.72 Å². The maximum atomic E-state index is 13.6. The molecular weight excluding hydrogens is 510 g/mol. The predicted octanol–water partition coefficient (Wildman–Crippen LogP) is 4.65. The SMILES string of the molecule is CCS(=O)(=O)Nc1cccc(C2=NN(S(=O)(=O)c3ccc(Cl)cc3)[C@H](c3ccc(OC)cc3)C2)c1. The van der Waals surface area contributed by atoms with Gasteiger partial charge in [0.25, 0.3) is 10.0 Å². The predicted molar refractivity (Wildman–Crippen MR) is 137 cm³/mol. The number of ether oxygens (including phenoxy) is 1. The summed E-state index contributed by atoms with van der Waals surface area (Å²) in [6.07, 6.45) is 0.295. The monoisotopic (exact) mass is 533 g/mol. The summed E-state index contributed by atoms with van der Waals surface area (Å²) in [6, 6.07) is 19.2. The summed E-state index contributed by atoms with van der Waals surface area (Å²) in [5.41, 5.74) is 2.26. The van der Waals surface area contributed by atoms with E-state index in [0.717, 1.165) is 9.98 Å². The number of benzene rings is 3. The first kappa shape index (κ1) is 25.0. The molecule has 0 spiro atoms. The van der Waals surface area contributed by atoms with E-state index >= 15 is 0 Å². The Morgan fingerprint density at radius 3 is 2.34 bits per heavy atom. The molecule has 0 saturated heterocycles. The summed E-state index contributed by atoms with van der Waals surface area (Å²) >= 11 is 5.95. The van der Waals surface area contributed by atoms with Crippen molar-refractivity contribution in [2.24, 2.45) is 5.10 Å². The topological polar surface area (TPSA) is 105 Å². The molecule has 3 aromatic rings. The van der Waals surface area contributed by atoms with E-state index in [1.54, 1.807) is 62.6 Å². The summed E-state index contributed by atoms with van der Waals surface area (Å²) in [5, 5.41) is 4.93. The highest BCUT2D eigenvalue weighted by Crippen LogP contribution is 2.38. The summed E-state index contributed by atoms with van der Waals surface area (Å²) in [7, 11) is -5.92. The Bertz CT molecular complexity index is 1460. The second-order valence-electron chi connectivity index (χ2n) is 7.86. The van der Waals surface area contributed by atoms with Gasteiger partial charge in [0.05, 0.1) is 29.5 Å². The van der Waals surface area contributed by atoms with E-state index in [2.05, 4.69) is 9.82 Å². The van der Waals surface area contributed by atoms with Crippen molar-refractivity contribution in [3.63, 3.8) is 0 Å². The molecule has 0 amide bonds. The van der Waals surface area contributed by atoms with Crippen LogP contribution in [0.5, 0.6) is 5.75 Å². The van der Waals surface area contributed by atoms with Crippen LogP contribution in [0.1, 0.15) is 30.5 Å². The van der Waals surface area contributed by atoms with Crippen LogP contribution in [0.25, 0.3) is 0 Å². The van der Waals surface area contributed by atoms with Crippen LogP contribution in [-0.2, 0) is 20.0 Å². The number of rotatable bonds is 8. The fourth-order valence-corrected chi connectivity index (χ4v) is 5.88. The van der Waals surface area contributed by atoms with E-state index in [9.17, 15) is 16.8 Å². The molecule has 1 N–H and O–H groups in total. The number of hydrogen-bond donors (Lipinski definition) is 1. The molecule has 4 rings (SSSR count). The Balaban J connectivity index is 1.76. The average molecular weight is 534 g/mol. The Hall–Kier alpha value is -3.08. The van der Waals surface area contributed by atoms with Crippen molar-refractivity contribution in [2.75, 3.05) is 17.6 Å². The van der Waals surface area contributed by atoms with Crippen LogP contribution >= 0.6 is 11.6 Å². The third kappa shape index (κ3) is 5.44. The number of anilines is 1. The minimum Gasteiger partial charge on any atom is -0.497 e. The van der Waals surface area contributed by atoms with Crippen molar-refractivity contribution >= 4 is 43.0 Å². The van der Waals surface area contributed by atoms with E-state index in [-0.39, 0.29) is 10.6 Å². The molecule has 0 aliphatic carbocycles. The molecule has 184 valence electrons. The first-order chi connectivity index (χ1) is 16.6. The van der Waals surface area contributed by atoms with Crippen LogP contribution in [0.2, 0.25) is 5.02 Å². The van der Waals surface area contributed by atoms with Gasteiger partial charge in [-0.25, -0.2) is 8.42 Å². The summed E-state index contributed by atoms with van der Waals surface area (Å²) in [4.78, 5) is 0.0647. The van der Waals surface area contributed by atoms with Crippen molar-refractivity contribution < 1.29 is 21.6 Å². The smallest absolute Gasteiger partial charge is 0.279 e. The molecule has 1 aliphatic heterocycles. The van der Waals surface area contributed by atoms with E-state index in [4.69, 9.17) is 16.3 Å². The van der Waals surface area contributed by atoms with Gasteiger partial charge in [0.2, 0.25) is 10.0 Å². The first-order valence-electron chi connectivity index (χ1n) is 10.8. The Morgan fingerprint density at radius 2 is 1.71 bits per heavy atom. The van der Waals surface area contributed by atoms with Crippen molar-refractivity contribution in [1.82, 2.24) is 4.41 Å². The molecule has 0 aromatic heterocycles. The summed E-state index contributed by atoms with van der Waals surface area (Å²) < 4.78 is 60.0. The van der Waals surface area contributed by atoms with Gasteiger partial charge in [-0.15, -0.1) is 0 Å². The lowest BCUT2D eigenvalue weighted by Crippen LogP contribution is -2.27. The number of hydrogen-bond acceptors (Lipinski definition) is 6. The van der Waals surface area contributed by atoms with Crippen LogP contribution < -0.4 is 9.46 Å². The summed E-state index contributed by atoms with van der Waals surface area (Å²) in [5.74, 6) is 0.584. The van der Waals surface area contributed by atoms with Crippen LogP contribution in [0, 0.1) is 0 Å². The second kappa shape index (κ2) is 9.88. The third-order valence-corrected chi connectivity index (χ3v) is 8.84. The van der Waals surface area contributed by atoms with Crippen molar-refractivity contribution in [3.8, 4) is 5.75 Å². The molecule has 35 heavy (non-hydrogen) atoms. The molecule has 8 nitrogen and oxygen atoms in total. The average Bonchev–Trinajstić information content (AvgIpc) is 3.31. The molecule has 1 heterocycles. The van der Waals surface area contributed by atoms with Gasteiger partial charge in [-0.1, -0.05) is 35.9 Å². The van der Waals surface area contributed by atoms with E-state index in [1.807, 2.05) is 0 Å². The van der Waals surface area contributed by atoms with Crippen molar-refractivity contribution in [1.29, 1.82) is 0 Å². The minimum atomic E-state index is -4.01. The lowest BCUT2D eigenvalue weighted by atomic mass is 9.99. The Morgan fingerprint density at radius 1 is 1.03 bits per heavy atom. The third-order valence-electron chi connectivity index (χ3n) is 5.58. The van der Waals surface area contributed by atoms with Crippen LogP contribution in [0.3, 0.4) is 0 Å². The lowest BCUT2D eigenvalue weighted by Gasteiger charge is -2.23. The Kier molecular flexibility index (Phi) is 7.07. The summed E-state index contributed by atoms with van der Waals surface area (Å²) in [6.45, 7) is 1.55. The standard InChI is InChI=1S/C24H24ClN3O5S2/c1-3-34(29,30)27-20-6-4-5-18(15-20)23-16-24(17-7-11-21(33-2)12-8-17)28(26-23)35(31,32)22-13-9-19(25)10-14-22/h4-15,24,27H,3,16H2,1-2H3/t24-/m0/s1. The molecule has 0 saturated carbocycles. The number of nitrogens with zero attached hydrogens (tertiary/aromatic N) is 2. The number of hydrazone groups is 1. The van der Waals surface area contributed by atoms with Crippen LogP contribution in [0.15, 0.2) is 82.8 Å². The number of sulfonamides is 2. The van der Waals surface area contributed by atoms with Gasteiger partial charge in [-0.05, 0) is 66.6 Å². The van der Waals surface area contributed by atoms with Crippen molar-refractivity contribution in [2.45, 2.75) is 24.3 Å². The molecule has 0 bridgehead atoms. The normalized spacial score (nSPS) is 16.1. The maximum absolute atomic E-state index is 13.6.